The number of halogens is 2. The molecule has 0 spiro atoms. The second-order valence-corrected chi connectivity index (χ2v) is 9.41. The molecule has 9 heteroatoms. The zero-order valence-corrected chi connectivity index (χ0v) is 18.1. The first-order valence-electron chi connectivity index (χ1n) is 9.84. The quantitative estimate of drug-likeness (QED) is 0.699. The highest BCUT2D eigenvalue weighted by atomic mass is 35.5. The number of carbonyl (C=O) groups is 1. The first kappa shape index (κ1) is 22.7. The van der Waals surface area contributed by atoms with Crippen molar-refractivity contribution < 1.29 is 17.6 Å². The molecule has 0 aromatic heterocycles. The molecule has 0 bridgehead atoms. The van der Waals surface area contributed by atoms with Crippen molar-refractivity contribution in [3.8, 4) is 0 Å². The van der Waals surface area contributed by atoms with Crippen molar-refractivity contribution in [1.82, 2.24) is 14.5 Å². The standard InChI is InChI=1S/C21H25ClFN3O3S/c22-18-6-3-7-19(15-18)30(28,29)24-10-9-21(27)26-12-4-11-25(13-14-26)16-17-5-1-2-8-20(17)23/h1-3,5-8,15,24H,4,9-14,16H2. The second kappa shape index (κ2) is 10.3. The number of rotatable bonds is 7. The van der Waals surface area contributed by atoms with Gasteiger partial charge in [0.25, 0.3) is 0 Å². The van der Waals surface area contributed by atoms with Gasteiger partial charge < -0.3 is 4.90 Å². The number of sulfonamides is 1. The minimum atomic E-state index is -3.71. The lowest BCUT2D eigenvalue weighted by Gasteiger charge is -2.22. The van der Waals surface area contributed by atoms with Crippen LogP contribution in [-0.2, 0) is 21.4 Å². The number of nitrogens with one attached hydrogen (secondary N) is 1. The Balaban J connectivity index is 1.47. The third kappa shape index (κ3) is 6.25. The molecule has 1 aliphatic heterocycles. The average Bonchev–Trinajstić information content (AvgIpc) is 2.95. The average molecular weight is 454 g/mol. The van der Waals surface area contributed by atoms with Gasteiger partial charge in [0.15, 0.2) is 0 Å². The van der Waals surface area contributed by atoms with Crippen LogP contribution in [0.2, 0.25) is 5.02 Å². The zero-order valence-electron chi connectivity index (χ0n) is 16.6. The fraction of sp³-hybridized carbons (Fsp3) is 0.381. The molecule has 1 N–H and O–H groups in total. The lowest BCUT2D eigenvalue weighted by molar-refractivity contribution is -0.130. The lowest BCUT2D eigenvalue weighted by atomic mass is 10.2. The van der Waals surface area contributed by atoms with E-state index in [1.54, 1.807) is 29.2 Å². The number of hydrogen-bond donors (Lipinski definition) is 1. The van der Waals surface area contributed by atoms with Crippen molar-refractivity contribution in [1.29, 1.82) is 0 Å². The van der Waals surface area contributed by atoms with Crippen LogP contribution in [0.4, 0.5) is 4.39 Å². The summed E-state index contributed by atoms with van der Waals surface area (Å²) >= 11 is 5.85. The molecule has 1 fully saturated rings. The third-order valence-electron chi connectivity index (χ3n) is 5.03. The summed E-state index contributed by atoms with van der Waals surface area (Å²) in [6.45, 7) is 3.09. The summed E-state index contributed by atoms with van der Waals surface area (Å²) < 4.78 is 40.9. The molecule has 0 unspecified atom stereocenters. The molecular weight excluding hydrogens is 429 g/mol. The van der Waals surface area contributed by atoms with E-state index in [1.165, 1.54) is 18.2 Å². The highest BCUT2D eigenvalue weighted by Gasteiger charge is 2.21. The van der Waals surface area contributed by atoms with Crippen LogP contribution in [0.1, 0.15) is 18.4 Å². The Labute approximate surface area is 181 Å². The summed E-state index contributed by atoms with van der Waals surface area (Å²) in [6.07, 6.45) is 0.863. The first-order chi connectivity index (χ1) is 14.3. The summed E-state index contributed by atoms with van der Waals surface area (Å²) in [4.78, 5) is 16.5. The molecular formula is C21H25ClFN3O3S. The topological polar surface area (TPSA) is 69.7 Å². The van der Waals surface area contributed by atoms with Crippen LogP contribution in [0.3, 0.4) is 0 Å². The molecule has 1 aliphatic rings. The molecule has 2 aromatic rings. The summed E-state index contributed by atoms with van der Waals surface area (Å²) in [7, 11) is -3.71. The number of benzene rings is 2. The van der Waals surface area contributed by atoms with E-state index in [4.69, 9.17) is 11.6 Å². The van der Waals surface area contributed by atoms with Gasteiger partial charge in [0.05, 0.1) is 4.90 Å². The second-order valence-electron chi connectivity index (χ2n) is 7.21. The Morgan fingerprint density at radius 1 is 1.07 bits per heavy atom. The SMILES string of the molecule is O=C(CCNS(=O)(=O)c1cccc(Cl)c1)N1CCCN(Cc2ccccc2F)CC1. The molecule has 1 heterocycles. The van der Waals surface area contributed by atoms with Gasteiger partial charge in [0, 0.05) is 56.3 Å². The molecule has 1 saturated heterocycles. The van der Waals surface area contributed by atoms with Gasteiger partial charge >= 0.3 is 0 Å². The molecule has 2 aromatic carbocycles. The lowest BCUT2D eigenvalue weighted by Crippen LogP contribution is -2.37. The molecule has 0 saturated carbocycles. The van der Waals surface area contributed by atoms with Crippen LogP contribution in [0.15, 0.2) is 53.4 Å². The van der Waals surface area contributed by atoms with E-state index in [0.717, 1.165) is 13.0 Å². The molecule has 0 radical (unpaired) electrons. The molecule has 1 amide bonds. The predicted octanol–water partition coefficient (Wildman–Crippen LogP) is 2.88. The van der Waals surface area contributed by atoms with Crippen molar-refractivity contribution >= 4 is 27.5 Å². The summed E-state index contributed by atoms with van der Waals surface area (Å²) in [5.41, 5.74) is 0.646. The maximum absolute atomic E-state index is 13.9. The molecule has 0 aliphatic carbocycles. The molecule has 0 atom stereocenters. The van der Waals surface area contributed by atoms with Crippen molar-refractivity contribution in [2.45, 2.75) is 24.3 Å². The van der Waals surface area contributed by atoms with Gasteiger partial charge in [0.2, 0.25) is 15.9 Å². The Morgan fingerprint density at radius 2 is 1.87 bits per heavy atom. The van der Waals surface area contributed by atoms with Gasteiger partial charge in [0.1, 0.15) is 5.82 Å². The van der Waals surface area contributed by atoms with Crippen LogP contribution in [-0.4, -0.2) is 56.8 Å². The van der Waals surface area contributed by atoms with E-state index in [0.29, 0.717) is 36.8 Å². The largest absolute Gasteiger partial charge is 0.341 e. The van der Waals surface area contributed by atoms with Gasteiger partial charge in [-0.25, -0.2) is 17.5 Å². The molecule has 30 heavy (non-hydrogen) atoms. The van der Waals surface area contributed by atoms with Crippen LogP contribution in [0, 0.1) is 5.82 Å². The van der Waals surface area contributed by atoms with E-state index in [1.807, 2.05) is 6.07 Å². The fourth-order valence-corrected chi connectivity index (χ4v) is 4.75. The molecule has 6 nitrogen and oxygen atoms in total. The highest BCUT2D eigenvalue weighted by molar-refractivity contribution is 7.89. The van der Waals surface area contributed by atoms with Gasteiger partial charge in [-0.15, -0.1) is 0 Å². The Bertz CT molecular complexity index is 987. The number of nitrogens with zero attached hydrogens (tertiary/aromatic N) is 2. The van der Waals surface area contributed by atoms with Crippen molar-refractivity contribution in [3.05, 3.63) is 64.9 Å². The minimum absolute atomic E-state index is 0.0170. The smallest absolute Gasteiger partial charge is 0.240 e. The zero-order chi connectivity index (χ0) is 21.6. The predicted molar refractivity (Wildman–Crippen MR) is 114 cm³/mol. The number of carbonyl (C=O) groups excluding carboxylic acids is 1. The van der Waals surface area contributed by atoms with Crippen molar-refractivity contribution in [2.75, 3.05) is 32.7 Å². The van der Waals surface area contributed by atoms with Gasteiger partial charge in [-0.1, -0.05) is 35.9 Å². The van der Waals surface area contributed by atoms with Gasteiger partial charge in [-0.2, -0.15) is 0 Å². The van der Waals surface area contributed by atoms with E-state index >= 15 is 0 Å². The number of amides is 1. The third-order valence-corrected chi connectivity index (χ3v) is 6.72. The normalized spacial score (nSPS) is 15.7. The van der Waals surface area contributed by atoms with Crippen LogP contribution in [0.25, 0.3) is 0 Å². The fourth-order valence-electron chi connectivity index (χ4n) is 3.41. The molecule has 3 rings (SSSR count). The summed E-state index contributed by atoms with van der Waals surface area (Å²) in [5, 5.41) is 0.332. The van der Waals surface area contributed by atoms with E-state index in [-0.39, 0.29) is 29.6 Å². The Kier molecular flexibility index (Phi) is 7.82. The first-order valence-corrected chi connectivity index (χ1v) is 11.7. The van der Waals surface area contributed by atoms with Crippen LogP contribution >= 0.6 is 11.6 Å². The van der Waals surface area contributed by atoms with Crippen LogP contribution < -0.4 is 4.72 Å². The van der Waals surface area contributed by atoms with Gasteiger partial charge in [-0.05, 0) is 30.7 Å². The maximum atomic E-state index is 13.9. The Morgan fingerprint density at radius 3 is 2.63 bits per heavy atom. The van der Waals surface area contributed by atoms with E-state index in [9.17, 15) is 17.6 Å². The van der Waals surface area contributed by atoms with Crippen molar-refractivity contribution in [2.24, 2.45) is 0 Å². The van der Waals surface area contributed by atoms with E-state index < -0.39 is 10.0 Å². The summed E-state index contributed by atoms with van der Waals surface area (Å²) in [5.74, 6) is -0.321. The maximum Gasteiger partial charge on any atom is 0.240 e. The van der Waals surface area contributed by atoms with E-state index in [2.05, 4.69) is 9.62 Å². The molecule has 162 valence electrons. The highest BCUT2D eigenvalue weighted by Crippen LogP contribution is 2.15. The van der Waals surface area contributed by atoms with Gasteiger partial charge in [-0.3, -0.25) is 9.69 Å². The Hall–Kier alpha value is -2.00. The monoisotopic (exact) mass is 453 g/mol. The summed E-state index contributed by atoms with van der Waals surface area (Å²) in [6, 6.07) is 12.7. The number of hydrogen-bond acceptors (Lipinski definition) is 4. The van der Waals surface area contributed by atoms with Crippen LogP contribution in [0.5, 0.6) is 0 Å². The van der Waals surface area contributed by atoms with Crippen molar-refractivity contribution in [3.63, 3.8) is 0 Å². The minimum Gasteiger partial charge on any atom is -0.341 e.